The molecule has 0 aliphatic carbocycles. The Morgan fingerprint density at radius 3 is 2.45 bits per heavy atom. The highest BCUT2D eigenvalue weighted by atomic mass is 19.4. The first-order valence-electron chi connectivity index (χ1n) is 5.36. The predicted octanol–water partition coefficient (Wildman–Crippen LogP) is 3.36. The van der Waals surface area contributed by atoms with Crippen molar-refractivity contribution < 1.29 is 22.9 Å². The molecule has 0 unspecified atom stereocenters. The third-order valence-corrected chi connectivity index (χ3v) is 2.71. The topological polar surface area (TPSA) is 73.1 Å². The van der Waals surface area contributed by atoms with E-state index in [0.29, 0.717) is 6.07 Å². The second kappa shape index (κ2) is 4.55. The van der Waals surface area contributed by atoms with Crippen LogP contribution < -0.4 is 0 Å². The molecule has 0 atom stereocenters. The number of aromatic nitrogens is 1. The van der Waals surface area contributed by atoms with Crippen molar-refractivity contribution in [2.45, 2.75) is 13.1 Å². The quantitative estimate of drug-likeness (QED) is 0.481. The van der Waals surface area contributed by atoms with E-state index in [0.717, 1.165) is 18.3 Å². The maximum Gasteiger partial charge on any atom is 0.417 e. The summed E-state index contributed by atoms with van der Waals surface area (Å²) in [5, 5.41) is 10.3. The lowest BCUT2D eigenvalue weighted by molar-refractivity contribution is -0.385. The predicted molar refractivity (Wildman–Crippen MR) is 63.4 cm³/mol. The van der Waals surface area contributed by atoms with Gasteiger partial charge in [-0.25, -0.2) is 0 Å². The number of alkyl halides is 3. The Balaban J connectivity index is 2.85. The molecule has 2 aromatic rings. The standard InChI is InChI=1S/C12H7F3N2O3/c1-6(18)7-2-9-10(12(13,14)15)3-8(17(19)20)4-11(9)16-5-7/h2-5H,1H3. The average Bonchev–Trinajstić information content (AvgIpc) is 2.35. The average molecular weight is 284 g/mol. The van der Waals surface area contributed by atoms with Crippen molar-refractivity contribution in [3.8, 4) is 0 Å². The lowest BCUT2D eigenvalue weighted by Gasteiger charge is -2.10. The smallest absolute Gasteiger partial charge is 0.294 e. The Hall–Kier alpha value is -2.51. The summed E-state index contributed by atoms with van der Waals surface area (Å²) in [7, 11) is 0. The van der Waals surface area contributed by atoms with Gasteiger partial charge in [0.05, 0.1) is 16.0 Å². The zero-order chi connectivity index (χ0) is 15.1. The summed E-state index contributed by atoms with van der Waals surface area (Å²) in [6, 6.07) is 2.42. The first-order chi connectivity index (χ1) is 9.20. The van der Waals surface area contributed by atoms with Crippen LogP contribution in [0.1, 0.15) is 22.8 Å². The van der Waals surface area contributed by atoms with Crippen LogP contribution in [0.2, 0.25) is 0 Å². The molecule has 5 nitrogen and oxygen atoms in total. The van der Waals surface area contributed by atoms with E-state index < -0.39 is 28.1 Å². The second-order valence-electron chi connectivity index (χ2n) is 4.10. The number of rotatable bonds is 2. The Bertz CT molecular complexity index is 726. The first kappa shape index (κ1) is 13.9. The molecule has 1 aromatic heterocycles. The molecule has 20 heavy (non-hydrogen) atoms. The van der Waals surface area contributed by atoms with E-state index in [1.54, 1.807) is 0 Å². The molecule has 2 rings (SSSR count). The molecular weight excluding hydrogens is 277 g/mol. The number of halogens is 3. The molecule has 104 valence electrons. The van der Waals surface area contributed by atoms with E-state index in [-0.39, 0.29) is 16.5 Å². The minimum Gasteiger partial charge on any atom is -0.294 e. The second-order valence-corrected chi connectivity index (χ2v) is 4.10. The molecule has 0 radical (unpaired) electrons. The fourth-order valence-corrected chi connectivity index (χ4v) is 1.75. The minimum absolute atomic E-state index is 0.0110. The monoisotopic (exact) mass is 284 g/mol. The van der Waals surface area contributed by atoms with Gasteiger partial charge >= 0.3 is 6.18 Å². The van der Waals surface area contributed by atoms with Crippen LogP contribution in [-0.4, -0.2) is 15.7 Å². The Kier molecular flexibility index (Phi) is 3.16. The van der Waals surface area contributed by atoms with Gasteiger partial charge in [-0.05, 0) is 13.0 Å². The zero-order valence-electron chi connectivity index (χ0n) is 10.1. The van der Waals surface area contributed by atoms with Crippen LogP contribution in [-0.2, 0) is 6.18 Å². The molecule has 0 spiro atoms. The van der Waals surface area contributed by atoms with E-state index in [9.17, 15) is 28.1 Å². The molecule has 0 aliphatic rings. The minimum atomic E-state index is -4.78. The third-order valence-electron chi connectivity index (χ3n) is 2.71. The lowest BCUT2D eigenvalue weighted by Crippen LogP contribution is -2.08. The number of nitro benzene ring substituents is 1. The first-order valence-corrected chi connectivity index (χ1v) is 5.36. The molecule has 0 saturated carbocycles. The molecular formula is C12H7F3N2O3. The van der Waals surface area contributed by atoms with Gasteiger partial charge in [0.1, 0.15) is 0 Å². The Morgan fingerprint density at radius 1 is 1.30 bits per heavy atom. The van der Waals surface area contributed by atoms with Gasteiger partial charge in [0.15, 0.2) is 5.78 Å². The number of benzene rings is 1. The number of ketones is 1. The van der Waals surface area contributed by atoms with Gasteiger partial charge in [0.2, 0.25) is 0 Å². The van der Waals surface area contributed by atoms with Gasteiger partial charge in [-0.1, -0.05) is 0 Å². The molecule has 0 bridgehead atoms. The fraction of sp³-hybridized carbons (Fsp3) is 0.167. The van der Waals surface area contributed by atoms with Gasteiger partial charge in [0, 0.05) is 29.3 Å². The summed E-state index contributed by atoms with van der Waals surface area (Å²) >= 11 is 0. The molecule has 1 aromatic carbocycles. The highest BCUT2D eigenvalue weighted by molar-refractivity contribution is 5.98. The third kappa shape index (κ3) is 2.44. The van der Waals surface area contributed by atoms with Crippen LogP contribution in [0.15, 0.2) is 24.4 Å². The van der Waals surface area contributed by atoms with Gasteiger partial charge in [0.25, 0.3) is 5.69 Å². The van der Waals surface area contributed by atoms with Crippen molar-refractivity contribution in [1.82, 2.24) is 4.98 Å². The number of fused-ring (bicyclic) bond motifs is 1. The fourth-order valence-electron chi connectivity index (χ4n) is 1.75. The molecule has 1 heterocycles. The molecule has 8 heteroatoms. The number of Topliss-reactive ketones (excluding diaryl/α,β-unsaturated/α-hetero) is 1. The summed E-state index contributed by atoms with van der Waals surface area (Å²) in [5.74, 6) is -0.439. The largest absolute Gasteiger partial charge is 0.417 e. The van der Waals surface area contributed by atoms with Crippen LogP contribution in [0, 0.1) is 10.1 Å². The van der Waals surface area contributed by atoms with Gasteiger partial charge in [-0.3, -0.25) is 19.9 Å². The Morgan fingerprint density at radius 2 is 1.95 bits per heavy atom. The van der Waals surface area contributed by atoms with Crippen molar-refractivity contribution in [3.05, 3.63) is 45.6 Å². The molecule has 0 fully saturated rings. The highest BCUT2D eigenvalue weighted by Crippen LogP contribution is 2.37. The maximum atomic E-state index is 13.0. The van der Waals surface area contributed by atoms with Crippen molar-refractivity contribution in [2.75, 3.05) is 0 Å². The lowest BCUT2D eigenvalue weighted by atomic mass is 10.0. The number of carbonyl (C=O) groups is 1. The summed E-state index contributed by atoms with van der Waals surface area (Å²) in [6.45, 7) is 1.20. The van der Waals surface area contributed by atoms with Gasteiger partial charge in [-0.2, -0.15) is 13.2 Å². The summed E-state index contributed by atoms with van der Waals surface area (Å²) in [4.78, 5) is 24.6. The van der Waals surface area contributed by atoms with Gasteiger partial charge in [-0.15, -0.1) is 0 Å². The number of carbonyl (C=O) groups excluding carboxylic acids is 1. The molecule has 0 N–H and O–H groups in total. The normalized spacial score (nSPS) is 11.6. The number of nitro groups is 1. The summed E-state index contributed by atoms with van der Waals surface area (Å²) in [6.07, 6.45) is -3.68. The SMILES string of the molecule is CC(=O)c1cnc2cc([N+](=O)[O-])cc(C(F)(F)F)c2c1. The molecule has 0 amide bonds. The van der Waals surface area contributed by atoms with E-state index in [2.05, 4.69) is 4.98 Å². The maximum absolute atomic E-state index is 13.0. The van der Waals surface area contributed by atoms with Crippen molar-refractivity contribution in [1.29, 1.82) is 0 Å². The van der Waals surface area contributed by atoms with E-state index in [1.807, 2.05) is 0 Å². The van der Waals surface area contributed by atoms with E-state index >= 15 is 0 Å². The highest BCUT2D eigenvalue weighted by Gasteiger charge is 2.35. The number of nitrogens with zero attached hydrogens (tertiary/aromatic N) is 2. The molecule has 0 aliphatic heterocycles. The van der Waals surface area contributed by atoms with Crippen LogP contribution in [0.4, 0.5) is 18.9 Å². The summed E-state index contributed by atoms with van der Waals surface area (Å²) < 4.78 is 38.9. The molecule has 0 saturated heterocycles. The zero-order valence-corrected chi connectivity index (χ0v) is 10.1. The Labute approximate surface area is 110 Å². The number of hydrogen-bond acceptors (Lipinski definition) is 4. The number of pyridine rings is 1. The van der Waals surface area contributed by atoms with Crippen molar-refractivity contribution in [2.24, 2.45) is 0 Å². The van der Waals surface area contributed by atoms with Crippen LogP contribution in [0.5, 0.6) is 0 Å². The number of hydrogen-bond donors (Lipinski definition) is 0. The van der Waals surface area contributed by atoms with E-state index in [4.69, 9.17) is 0 Å². The van der Waals surface area contributed by atoms with Crippen LogP contribution >= 0.6 is 0 Å². The number of non-ortho nitro benzene ring substituents is 1. The van der Waals surface area contributed by atoms with Crippen molar-refractivity contribution in [3.63, 3.8) is 0 Å². The van der Waals surface area contributed by atoms with Crippen LogP contribution in [0.25, 0.3) is 10.9 Å². The van der Waals surface area contributed by atoms with Crippen molar-refractivity contribution >= 4 is 22.4 Å². The van der Waals surface area contributed by atoms with E-state index in [1.165, 1.54) is 6.92 Å². The van der Waals surface area contributed by atoms with Gasteiger partial charge < -0.3 is 0 Å². The van der Waals surface area contributed by atoms with Crippen LogP contribution in [0.3, 0.4) is 0 Å². The summed E-state index contributed by atoms with van der Waals surface area (Å²) in [5.41, 5.74) is -2.06.